The first-order valence-electron chi connectivity index (χ1n) is 13.3. The Morgan fingerprint density at radius 2 is 0.490 bits per heavy atom. The highest BCUT2D eigenvalue weighted by Gasteiger charge is 2.34. The van der Waals surface area contributed by atoms with Crippen molar-refractivity contribution in [2.45, 2.75) is 0 Å². The Balaban J connectivity index is 1.56. The van der Waals surface area contributed by atoms with Gasteiger partial charge < -0.3 is 0 Å². The van der Waals surface area contributed by atoms with Crippen LogP contribution in [0.3, 0.4) is 0 Å². The molecule has 51 heavy (non-hydrogen) atoms. The summed E-state index contributed by atoms with van der Waals surface area (Å²) in [6.07, 6.45) is 0. The summed E-state index contributed by atoms with van der Waals surface area (Å²) >= 11 is 0. The number of H-pyrrole nitrogens is 3. The lowest BCUT2D eigenvalue weighted by atomic mass is 9.90. The molecule has 258 valence electrons. The van der Waals surface area contributed by atoms with Crippen LogP contribution in [0.25, 0.3) is 67.5 Å². The van der Waals surface area contributed by atoms with Crippen LogP contribution >= 0.6 is 0 Å². The molecule has 0 aliphatic rings. The Labute approximate surface area is 270 Å². The second-order valence-electron chi connectivity index (χ2n) is 10.0. The summed E-state index contributed by atoms with van der Waals surface area (Å²) < 4.78 is 185. The summed E-state index contributed by atoms with van der Waals surface area (Å²) in [5.41, 5.74) is -13.4. The van der Waals surface area contributed by atoms with Crippen molar-refractivity contribution in [1.82, 2.24) is 61.9 Å². The van der Waals surface area contributed by atoms with Gasteiger partial charge in [0.2, 0.25) is 17.5 Å². The zero-order valence-corrected chi connectivity index (χ0v) is 23.8. The van der Waals surface area contributed by atoms with Crippen LogP contribution in [0.4, 0.5) is 52.7 Å². The van der Waals surface area contributed by atoms with Crippen molar-refractivity contribution in [3.05, 3.63) is 88.0 Å². The molecule has 3 N–H and O–H groups in total. The minimum absolute atomic E-state index is 0.294. The van der Waals surface area contributed by atoms with Gasteiger partial charge in [0.15, 0.2) is 69.8 Å². The normalized spacial score (nSPS) is 11.5. The van der Waals surface area contributed by atoms with Gasteiger partial charge in [0, 0.05) is 0 Å². The van der Waals surface area contributed by atoms with Crippen LogP contribution in [0.2, 0.25) is 0 Å². The van der Waals surface area contributed by atoms with Gasteiger partial charge in [-0.1, -0.05) is 0 Å². The SMILES string of the molecule is Fc1c(F)c(-c2nn[nH]n2)c(F)c(F)c1-c1cc(-c2c(F)c(F)c(-c3nn[nH]n3)c(F)c2F)cc(-c2c(F)c(F)c(-c3nn[nH]n3)c(F)c2F)c1. The lowest BCUT2D eigenvalue weighted by molar-refractivity contribution is 0.460. The predicted molar refractivity (Wildman–Crippen MR) is 142 cm³/mol. The average molecular weight is 726 g/mol. The first kappa shape index (κ1) is 32.8. The van der Waals surface area contributed by atoms with E-state index < -0.39 is 137 Å². The Bertz CT molecular complexity index is 2130. The van der Waals surface area contributed by atoms with E-state index in [1.807, 2.05) is 0 Å². The fraction of sp³-hybridized carbons (Fsp3) is 0. The highest BCUT2D eigenvalue weighted by molar-refractivity contribution is 5.84. The van der Waals surface area contributed by atoms with Gasteiger partial charge in [-0.2, -0.15) is 15.6 Å². The Kier molecular flexibility index (Phi) is 7.71. The van der Waals surface area contributed by atoms with Crippen molar-refractivity contribution >= 4 is 0 Å². The largest absolute Gasteiger partial charge is 0.210 e. The fourth-order valence-corrected chi connectivity index (χ4v) is 5.11. The maximum atomic E-state index is 15.6. The zero-order chi connectivity index (χ0) is 36.5. The third-order valence-electron chi connectivity index (χ3n) is 7.30. The van der Waals surface area contributed by atoms with E-state index in [-0.39, 0.29) is 0 Å². The molecule has 0 aliphatic heterocycles. The smallest absolute Gasteiger partial charge is 0.203 e. The average Bonchev–Trinajstić information content (AvgIpc) is 3.92. The fourth-order valence-electron chi connectivity index (χ4n) is 5.11. The summed E-state index contributed by atoms with van der Waals surface area (Å²) in [7, 11) is 0. The van der Waals surface area contributed by atoms with E-state index in [0.717, 1.165) is 0 Å². The molecule has 0 saturated heterocycles. The van der Waals surface area contributed by atoms with Crippen LogP contribution in [-0.2, 0) is 0 Å². The summed E-state index contributed by atoms with van der Waals surface area (Å²) in [4.78, 5) is 0. The van der Waals surface area contributed by atoms with E-state index in [2.05, 4.69) is 46.2 Å². The van der Waals surface area contributed by atoms with E-state index in [4.69, 9.17) is 0 Å². The van der Waals surface area contributed by atoms with Crippen LogP contribution in [0.1, 0.15) is 0 Å². The lowest BCUT2D eigenvalue weighted by Crippen LogP contribution is -2.07. The van der Waals surface area contributed by atoms with Crippen molar-refractivity contribution in [3.63, 3.8) is 0 Å². The van der Waals surface area contributed by atoms with Crippen molar-refractivity contribution in [2.75, 3.05) is 0 Å². The molecule has 4 aromatic carbocycles. The third kappa shape index (κ3) is 4.92. The summed E-state index contributed by atoms with van der Waals surface area (Å²) in [6, 6.07) is 0.882. The van der Waals surface area contributed by atoms with Gasteiger partial charge in [-0.05, 0) is 50.5 Å². The minimum Gasteiger partial charge on any atom is -0.203 e. The standard InChI is InChI=1S/C27H6F12N12/c28-13-7(14(29)20(35)10(19(13)34)25-40-46-47-41-25)4-1-5(8-15(30)21(36)11(22(37)16(8)31)26-42-48-49-43-26)3-6(2-4)9-17(32)23(38)12(24(39)18(9)33)27-44-50-51-45-27/h1-3H,(H,40,41,46,47)(H,42,43,48,49)(H,44,45,50,51). The topological polar surface area (TPSA) is 163 Å². The van der Waals surface area contributed by atoms with Gasteiger partial charge in [-0.25, -0.2) is 52.7 Å². The number of rotatable bonds is 6. The van der Waals surface area contributed by atoms with Gasteiger partial charge in [-0.3, -0.25) is 0 Å². The van der Waals surface area contributed by atoms with Crippen LogP contribution in [-0.4, -0.2) is 61.9 Å². The highest BCUT2D eigenvalue weighted by atomic mass is 19.2. The van der Waals surface area contributed by atoms with Crippen LogP contribution in [0.15, 0.2) is 18.2 Å². The molecule has 7 aromatic rings. The van der Waals surface area contributed by atoms with Crippen molar-refractivity contribution in [2.24, 2.45) is 0 Å². The molecular formula is C27H6F12N12. The number of benzene rings is 4. The van der Waals surface area contributed by atoms with E-state index in [1.54, 1.807) is 15.6 Å². The number of hydrogen-bond acceptors (Lipinski definition) is 9. The summed E-state index contributed by atoms with van der Waals surface area (Å²) in [6.45, 7) is 0. The second-order valence-corrected chi connectivity index (χ2v) is 10.0. The second kappa shape index (κ2) is 12.0. The molecular weight excluding hydrogens is 720 g/mol. The predicted octanol–water partition coefficient (Wildman–Crippen LogP) is 5.90. The molecule has 0 aliphatic carbocycles. The molecule has 0 saturated carbocycles. The van der Waals surface area contributed by atoms with Gasteiger partial charge in [0.1, 0.15) is 16.7 Å². The molecule has 7 rings (SSSR count). The number of hydrogen-bond donors (Lipinski definition) is 3. The number of nitrogens with zero attached hydrogens (tertiary/aromatic N) is 9. The van der Waals surface area contributed by atoms with Gasteiger partial charge in [0.25, 0.3) is 0 Å². The number of aromatic amines is 3. The van der Waals surface area contributed by atoms with Crippen LogP contribution < -0.4 is 0 Å². The molecule has 0 bridgehead atoms. The molecule has 0 atom stereocenters. The van der Waals surface area contributed by atoms with Crippen LogP contribution in [0.5, 0.6) is 0 Å². The Morgan fingerprint density at radius 3 is 0.667 bits per heavy atom. The first-order valence-corrected chi connectivity index (χ1v) is 13.3. The maximum absolute atomic E-state index is 15.6. The van der Waals surface area contributed by atoms with Gasteiger partial charge >= 0.3 is 0 Å². The third-order valence-corrected chi connectivity index (χ3v) is 7.30. The minimum atomic E-state index is -2.27. The van der Waals surface area contributed by atoms with Crippen molar-refractivity contribution < 1.29 is 52.7 Å². The lowest BCUT2D eigenvalue weighted by Gasteiger charge is -2.17. The molecule has 3 heterocycles. The van der Waals surface area contributed by atoms with E-state index in [0.29, 0.717) is 18.2 Å². The molecule has 0 fully saturated rings. The van der Waals surface area contributed by atoms with E-state index in [1.165, 1.54) is 0 Å². The molecule has 0 spiro atoms. The maximum Gasteiger partial charge on any atom is 0.210 e. The first-order chi connectivity index (χ1) is 24.3. The number of halogens is 12. The summed E-state index contributed by atoms with van der Waals surface area (Å²) in [5, 5.41) is 33.7. The quantitative estimate of drug-likeness (QED) is 0.140. The molecule has 12 nitrogen and oxygen atoms in total. The van der Waals surface area contributed by atoms with E-state index >= 15 is 52.7 Å². The number of tetrazole rings is 3. The molecule has 24 heteroatoms. The number of nitrogens with one attached hydrogen (secondary N) is 3. The summed E-state index contributed by atoms with van der Waals surface area (Å²) in [5.74, 6) is -29.7. The molecule has 3 aromatic heterocycles. The zero-order valence-electron chi connectivity index (χ0n) is 23.8. The number of aromatic nitrogens is 12. The Hall–Kier alpha value is -6.75. The van der Waals surface area contributed by atoms with Crippen LogP contribution in [0, 0.1) is 69.8 Å². The molecule has 0 amide bonds. The molecule has 0 radical (unpaired) electrons. The Morgan fingerprint density at radius 1 is 0.294 bits per heavy atom. The van der Waals surface area contributed by atoms with Gasteiger partial charge in [0.05, 0.1) is 16.7 Å². The van der Waals surface area contributed by atoms with Crippen molar-refractivity contribution in [1.29, 1.82) is 0 Å². The molecule has 0 unspecified atom stereocenters. The highest BCUT2D eigenvalue weighted by Crippen LogP contribution is 2.44. The van der Waals surface area contributed by atoms with Crippen molar-refractivity contribution in [3.8, 4) is 67.5 Å². The van der Waals surface area contributed by atoms with Gasteiger partial charge in [-0.15, -0.1) is 30.6 Å². The monoisotopic (exact) mass is 726 g/mol. The van der Waals surface area contributed by atoms with E-state index in [9.17, 15) is 0 Å².